The summed E-state index contributed by atoms with van der Waals surface area (Å²) < 4.78 is 39.6. The van der Waals surface area contributed by atoms with Crippen LogP contribution in [0.2, 0.25) is 0 Å². The van der Waals surface area contributed by atoms with Crippen LogP contribution in [0.15, 0.2) is 12.1 Å². The SMILES string of the molecule is CC(C)NC1CCN(c2cc(F)c(F)cc2F)C1=O. The first-order valence-electron chi connectivity index (χ1n) is 6.12. The molecule has 1 unspecified atom stereocenters. The molecule has 104 valence electrons. The molecule has 0 spiro atoms. The molecule has 0 bridgehead atoms. The van der Waals surface area contributed by atoms with Gasteiger partial charge in [0.25, 0.3) is 0 Å². The number of hydrogen-bond donors (Lipinski definition) is 1. The molecule has 0 aliphatic carbocycles. The van der Waals surface area contributed by atoms with Gasteiger partial charge in [-0.3, -0.25) is 4.79 Å². The number of benzene rings is 1. The van der Waals surface area contributed by atoms with Gasteiger partial charge in [0, 0.05) is 24.7 Å². The van der Waals surface area contributed by atoms with E-state index in [9.17, 15) is 18.0 Å². The largest absolute Gasteiger partial charge is 0.308 e. The number of hydrogen-bond acceptors (Lipinski definition) is 2. The third-order valence-electron chi connectivity index (χ3n) is 3.02. The molecule has 0 aromatic heterocycles. The fourth-order valence-corrected chi connectivity index (χ4v) is 2.20. The number of halogens is 3. The molecule has 19 heavy (non-hydrogen) atoms. The fraction of sp³-hybridized carbons (Fsp3) is 0.462. The highest BCUT2D eigenvalue weighted by Gasteiger charge is 2.34. The van der Waals surface area contributed by atoms with Gasteiger partial charge < -0.3 is 10.2 Å². The highest BCUT2D eigenvalue weighted by molar-refractivity contribution is 5.99. The zero-order chi connectivity index (χ0) is 14.2. The third-order valence-corrected chi connectivity index (χ3v) is 3.02. The molecule has 1 atom stereocenters. The maximum Gasteiger partial charge on any atom is 0.244 e. The van der Waals surface area contributed by atoms with E-state index in [0.717, 1.165) is 11.0 Å². The first-order chi connectivity index (χ1) is 8.90. The summed E-state index contributed by atoms with van der Waals surface area (Å²) in [5, 5.41) is 3.06. The van der Waals surface area contributed by atoms with Crippen molar-refractivity contribution >= 4 is 11.6 Å². The van der Waals surface area contributed by atoms with Crippen molar-refractivity contribution in [1.82, 2.24) is 5.32 Å². The molecule has 1 heterocycles. The molecule has 1 N–H and O–H groups in total. The van der Waals surface area contributed by atoms with E-state index in [1.165, 1.54) is 0 Å². The third kappa shape index (κ3) is 2.73. The van der Waals surface area contributed by atoms with Crippen LogP contribution in [0.1, 0.15) is 20.3 Å². The lowest BCUT2D eigenvalue weighted by molar-refractivity contribution is -0.119. The zero-order valence-electron chi connectivity index (χ0n) is 10.7. The Balaban J connectivity index is 2.24. The van der Waals surface area contributed by atoms with E-state index in [-0.39, 0.29) is 24.2 Å². The van der Waals surface area contributed by atoms with E-state index in [4.69, 9.17) is 0 Å². The Hall–Kier alpha value is -1.56. The summed E-state index contributed by atoms with van der Waals surface area (Å²) in [7, 11) is 0. The molecule has 6 heteroatoms. The minimum Gasteiger partial charge on any atom is -0.308 e. The molecular weight excluding hydrogens is 257 g/mol. The average Bonchev–Trinajstić information content (AvgIpc) is 2.65. The van der Waals surface area contributed by atoms with Crippen molar-refractivity contribution in [3.8, 4) is 0 Å². The first-order valence-corrected chi connectivity index (χ1v) is 6.12. The Labute approximate surface area is 109 Å². The van der Waals surface area contributed by atoms with Crippen molar-refractivity contribution in [1.29, 1.82) is 0 Å². The number of nitrogens with one attached hydrogen (secondary N) is 1. The normalized spacial score (nSPS) is 19.6. The highest BCUT2D eigenvalue weighted by Crippen LogP contribution is 2.27. The molecule has 1 saturated heterocycles. The predicted molar refractivity (Wildman–Crippen MR) is 65.3 cm³/mol. The zero-order valence-corrected chi connectivity index (χ0v) is 10.7. The minimum atomic E-state index is -1.26. The molecule has 0 radical (unpaired) electrons. The van der Waals surface area contributed by atoms with Gasteiger partial charge in [0.05, 0.1) is 11.7 Å². The van der Waals surface area contributed by atoms with Crippen molar-refractivity contribution in [3.63, 3.8) is 0 Å². The second-order valence-corrected chi connectivity index (χ2v) is 4.87. The predicted octanol–water partition coefficient (Wildman–Crippen LogP) is 2.21. The average molecular weight is 272 g/mol. The number of anilines is 1. The summed E-state index contributed by atoms with van der Waals surface area (Å²) in [6.07, 6.45) is 0.509. The van der Waals surface area contributed by atoms with E-state index in [1.807, 2.05) is 13.8 Å². The van der Waals surface area contributed by atoms with Crippen LogP contribution in [0.3, 0.4) is 0 Å². The number of amides is 1. The second kappa shape index (κ2) is 5.21. The Kier molecular flexibility index (Phi) is 3.80. The summed E-state index contributed by atoms with van der Waals surface area (Å²) in [4.78, 5) is 13.2. The van der Waals surface area contributed by atoms with Crippen LogP contribution in [-0.4, -0.2) is 24.5 Å². The van der Waals surface area contributed by atoms with Gasteiger partial charge in [-0.15, -0.1) is 0 Å². The molecule has 3 nitrogen and oxygen atoms in total. The summed E-state index contributed by atoms with van der Waals surface area (Å²) in [6, 6.07) is 0.887. The maximum absolute atomic E-state index is 13.6. The lowest BCUT2D eigenvalue weighted by Crippen LogP contribution is -2.41. The molecular formula is C13H15F3N2O. The van der Waals surface area contributed by atoms with Gasteiger partial charge in [-0.25, -0.2) is 13.2 Å². The van der Waals surface area contributed by atoms with E-state index < -0.39 is 23.5 Å². The number of nitrogens with zero attached hydrogens (tertiary/aromatic N) is 1. The van der Waals surface area contributed by atoms with Gasteiger partial charge in [-0.1, -0.05) is 13.8 Å². The minimum absolute atomic E-state index is 0.115. The van der Waals surface area contributed by atoms with Crippen molar-refractivity contribution in [2.75, 3.05) is 11.4 Å². The van der Waals surface area contributed by atoms with Gasteiger partial charge in [0.1, 0.15) is 5.82 Å². The first kappa shape index (κ1) is 13.9. The van der Waals surface area contributed by atoms with Crippen LogP contribution >= 0.6 is 0 Å². The van der Waals surface area contributed by atoms with Gasteiger partial charge in [-0.2, -0.15) is 0 Å². The van der Waals surface area contributed by atoms with E-state index in [2.05, 4.69) is 5.32 Å². The topological polar surface area (TPSA) is 32.3 Å². The highest BCUT2D eigenvalue weighted by atomic mass is 19.2. The smallest absolute Gasteiger partial charge is 0.244 e. The monoisotopic (exact) mass is 272 g/mol. The molecule has 1 aromatic carbocycles. The summed E-state index contributed by atoms with van der Waals surface area (Å²) in [5.41, 5.74) is -0.211. The van der Waals surface area contributed by atoms with Gasteiger partial charge in [-0.05, 0) is 6.42 Å². The molecule has 1 aromatic rings. The Morgan fingerprint density at radius 3 is 2.47 bits per heavy atom. The van der Waals surface area contributed by atoms with Gasteiger partial charge in [0.2, 0.25) is 5.91 Å². The maximum atomic E-state index is 13.6. The van der Waals surface area contributed by atoms with Crippen LogP contribution in [0.5, 0.6) is 0 Å². The van der Waals surface area contributed by atoms with Crippen LogP contribution in [0.4, 0.5) is 18.9 Å². The van der Waals surface area contributed by atoms with Crippen molar-refractivity contribution in [2.45, 2.75) is 32.4 Å². The number of carbonyl (C=O) groups is 1. The Morgan fingerprint density at radius 2 is 1.84 bits per heavy atom. The summed E-state index contributed by atoms with van der Waals surface area (Å²) >= 11 is 0. The van der Waals surface area contributed by atoms with Crippen molar-refractivity contribution in [3.05, 3.63) is 29.6 Å². The van der Waals surface area contributed by atoms with Crippen LogP contribution in [0, 0.1) is 17.5 Å². The quantitative estimate of drug-likeness (QED) is 0.856. The van der Waals surface area contributed by atoms with Gasteiger partial charge >= 0.3 is 0 Å². The van der Waals surface area contributed by atoms with Crippen LogP contribution in [0.25, 0.3) is 0 Å². The van der Waals surface area contributed by atoms with E-state index >= 15 is 0 Å². The van der Waals surface area contributed by atoms with Gasteiger partial charge in [0.15, 0.2) is 11.6 Å². The Bertz CT molecular complexity index is 505. The fourth-order valence-electron chi connectivity index (χ4n) is 2.20. The van der Waals surface area contributed by atoms with E-state index in [0.29, 0.717) is 12.5 Å². The molecule has 1 aliphatic rings. The summed E-state index contributed by atoms with van der Waals surface area (Å²) in [6.45, 7) is 4.08. The lowest BCUT2D eigenvalue weighted by Gasteiger charge is -2.19. The standard InChI is InChI=1S/C13H15F3N2O/c1-7(2)17-11-3-4-18(13(11)19)12-6-9(15)8(14)5-10(12)16/h5-7,11,17H,3-4H2,1-2H3. The molecule has 2 rings (SSSR count). The Morgan fingerprint density at radius 1 is 1.21 bits per heavy atom. The lowest BCUT2D eigenvalue weighted by atomic mass is 10.2. The molecule has 1 fully saturated rings. The summed E-state index contributed by atoms with van der Waals surface area (Å²) in [5.74, 6) is -3.68. The second-order valence-electron chi connectivity index (χ2n) is 4.87. The van der Waals surface area contributed by atoms with Crippen molar-refractivity contribution < 1.29 is 18.0 Å². The molecule has 1 aliphatic heterocycles. The molecule has 0 saturated carbocycles. The molecule has 1 amide bonds. The van der Waals surface area contributed by atoms with Crippen LogP contribution < -0.4 is 10.2 Å². The number of rotatable bonds is 3. The van der Waals surface area contributed by atoms with Crippen LogP contribution in [-0.2, 0) is 4.79 Å². The number of carbonyl (C=O) groups excluding carboxylic acids is 1. The van der Waals surface area contributed by atoms with Crippen molar-refractivity contribution in [2.24, 2.45) is 0 Å². The van der Waals surface area contributed by atoms with E-state index in [1.54, 1.807) is 0 Å².